The topological polar surface area (TPSA) is 80.7 Å². The van der Waals surface area contributed by atoms with Crippen LogP contribution in [0.1, 0.15) is 72.6 Å². The quantitative estimate of drug-likeness (QED) is 0.420. The van der Waals surface area contributed by atoms with Crippen molar-refractivity contribution in [2.45, 2.75) is 90.0 Å². The maximum atomic E-state index is 17.3. The number of ether oxygens (including phenoxy) is 1. The normalized spacial score (nSPS) is 45.1. The van der Waals surface area contributed by atoms with E-state index in [1.807, 2.05) is 20.8 Å². The third kappa shape index (κ3) is 3.23. The van der Waals surface area contributed by atoms with Gasteiger partial charge in [0.2, 0.25) is 0 Å². The van der Waals surface area contributed by atoms with Crippen LogP contribution in [-0.2, 0) is 19.1 Å². The summed E-state index contributed by atoms with van der Waals surface area (Å²) in [5.74, 6) is -2.19. The van der Waals surface area contributed by atoms with Crippen molar-refractivity contribution in [3.05, 3.63) is 23.8 Å². The summed E-state index contributed by atoms with van der Waals surface area (Å²) in [4.78, 5) is 38.2. The number of esters is 1. The molecule has 4 rings (SSSR count). The molecule has 188 valence electrons. The second kappa shape index (κ2) is 8.55. The highest BCUT2D eigenvalue weighted by molar-refractivity contribution is 6.29. The third-order valence-electron chi connectivity index (χ3n) is 9.68. The van der Waals surface area contributed by atoms with E-state index in [4.69, 9.17) is 16.3 Å². The number of halogens is 2. The number of ketones is 2. The van der Waals surface area contributed by atoms with Gasteiger partial charge >= 0.3 is 5.97 Å². The molecule has 0 bridgehead atoms. The van der Waals surface area contributed by atoms with Gasteiger partial charge in [0.1, 0.15) is 0 Å². The minimum absolute atomic E-state index is 0.0204. The Morgan fingerprint density at radius 1 is 1.29 bits per heavy atom. The first-order chi connectivity index (χ1) is 15.9. The molecule has 8 atom stereocenters. The first-order valence-electron chi connectivity index (χ1n) is 12.5. The lowest BCUT2D eigenvalue weighted by molar-refractivity contribution is -0.227. The van der Waals surface area contributed by atoms with Crippen LogP contribution in [0.15, 0.2) is 23.8 Å². The van der Waals surface area contributed by atoms with E-state index in [0.717, 1.165) is 6.42 Å². The lowest BCUT2D eigenvalue weighted by Gasteiger charge is -2.63. The van der Waals surface area contributed by atoms with Crippen molar-refractivity contribution in [2.24, 2.45) is 28.6 Å². The average Bonchev–Trinajstić information content (AvgIpc) is 3.07. The third-order valence-corrected chi connectivity index (χ3v) is 9.93. The Morgan fingerprint density at radius 3 is 2.65 bits per heavy atom. The Bertz CT molecular complexity index is 961. The largest absolute Gasteiger partial charge is 0.450 e. The van der Waals surface area contributed by atoms with E-state index in [0.29, 0.717) is 24.8 Å². The first-order valence-corrected chi connectivity index (χ1v) is 13.1. The Kier molecular flexibility index (Phi) is 6.42. The highest BCUT2D eigenvalue weighted by Crippen LogP contribution is 2.71. The summed E-state index contributed by atoms with van der Waals surface area (Å²) in [6, 6.07) is 0. The van der Waals surface area contributed by atoms with Crippen molar-refractivity contribution in [3.8, 4) is 0 Å². The summed E-state index contributed by atoms with van der Waals surface area (Å²) in [5, 5.41) is 11.5. The molecule has 4 aliphatic rings. The fourth-order valence-corrected chi connectivity index (χ4v) is 8.16. The monoisotopic (exact) mass is 494 g/mol. The number of Topliss-reactive ketones (excluding diaryl/α,β-unsaturated/α-hetero) is 1. The van der Waals surface area contributed by atoms with Crippen LogP contribution in [-0.4, -0.2) is 45.9 Å². The lowest BCUT2D eigenvalue weighted by Crippen LogP contribution is -2.70. The highest BCUT2D eigenvalue weighted by atomic mass is 35.5. The fourth-order valence-electron chi connectivity index (χ4n) is 7.95. The van der Waals surface area contributed by atoms with E-state index in [9.17, 15) is 19.5 Å². The van der Waals surface area contributed by atoms with E-state index in [1.165, 1.54) is 12.2 Å². The second-order valence-corrected chi connectivity index (χ2v) is 11.6. The SMILES string of the molecule is CCCCC(=O)O[C@@]1(C(=O)CCl)CC[C@H]2[C@@H]3C[C@H](C)C4=CC(=O)C=C[C@]4(C)[C@@]3(F)[C@@H](O)C[C@@]21C. The van der Waals surface area contributed by atoms with Gasteiger partial charge in [0.05, 0.1) is 12.0 Å². The van der Waals surface area contributed by atoms with Crippen molar-refractivity contribution in [1.29, 1.82) is 0 Å². The lowest BCUT2D eigenvalue weighted by atomic mass is 9.43. The van der Waals surface area contributed by atoms with Crippen molar-refractivity contribution in [1.82, 2.24) is 0 Å². The van der Waals surface area contributed by atoms with E-state index in [-0.39, 0.29) is 48.5 Å². The smallest absolute Gasteiger partial charge is 0.306 e. The van der Waals surface area contributed by atoms with Crippen LogP contribution in [0.5, 0.6) is 0 Å². The van der Waals surface area contributed by atoms with Gasteiger partial charge in [-0.1, -0.05) is 38.8 Å². The molecular formula is C27H36ClFO5. The molecule has 0 unspecified atom stereocenters. The molecule has 0 amide bonds. The molecule has 34 heavy (non-hydrogen) atoms. The van der Waals surface area contributed by atoms with Crippen LogP contribution in [0, 0.1) is 28.6 Å². The summed E-state index contributed by atoms with van der Waals surface area (Å²) in [6.45, 7) is 7.60. The molecule has 0 radical (unpaired) electrons. The molecule has 7 heteroatoms. The van der Waals surface area contributed by atoms with E-state index in [2.05, 4.69) is 0 Å². The summed E-state index contributed by atoms with van der Waals surface area (Å²) in [6.07, 6.45) is 6.03. The van der Waals surface area contributed by atoms with Gasteiger partial charge in [-0.25, -0.2) is 4.39 Å². The summed E-state index contributed by atoms with van der Waals surface area (Å²) < 4.78 is 23.3. The fraction of sp³-hybridized carbons (Fsp3) is 0.741. The molecule has 0 aromatic rings. The second-order valence-electron chi connectivity index (χ2n) is 11.3. The number of carbonyl (C=O) groups is 3. The standard InChI is InChI=1S/C27H36ClFO5/c1-5-6-7-23(33)34-26(22(32)15-28)11-9-18-20-12-16(2)19-13-17(30)8-10-24(19,3)27(20,29)21(31)14-25(18,26)4/h8,10,13,16,18,20-21,31H,5-7,9,11-12,14-15H2,1-4H3/t16-,18-,20-,21-,24-,25-,26+,27-/m0/s1. The van der Waals surface area contributed by atoms with Gasteiger partial charge in [-0.3, -0.25) is 14.4 Å². The molecule has 1 N–H and O–H groups in total. The Balaban J connectivity index is 1.79. The molecule has 0 aromatic heterocycles. The van der Waals surface area contributed by atoms with Gasteiger partial charge < -0.3 is 9.84 Å². The van der Waals surface area contributed by atoms with Crippen LogP contribution in [0.3, 0.4) is 0 Å². The summed E-state index contributed by atoms with van der Waals surface area (Å²) >= 11 is 6.03. The number of carbonyl (C=O) groups excluding carboxylic acids is 3. The van der Waals surface area contributed by atoms with Crippen LogP contribution < -0.4 is 0 Å². The van der Waals surface area contributed by atoms with Gasteiger partial charge in [0.25, 0.3) is 0 Å². The van der Waals surface area contributed by atoms with Crippen LogP contribution in [0.25, 0.3) is 0 Å². The van der Waals surface area contributed by atoms with Gasteiger partial charge in [-0.05, 0) is 63.0 Å². The van der Waals surface area contributed by atoms with Crippen molar-refractivity contribution < 1.29 is 28.6 Å². The van der Waals surface area contributed by atoms with Crippen LogP contribution >= 0.6 is 11.6 Å². The Morgan fingerprint density at radius 2 is 2.00 bits per heavy atom. The van der Waals surface area contributed by atoms with E-state index < -0.39 is 40.1 Å². The minimum atomic E-state index is -2.00. The molecule has 3 saturated carbocycles. The Hall–Kier alpha value is -1.53. The van der Waals surface area contributed by atoms with Gasteiger partial charge in [0, 0.05) is 23.2 Å². The van der Waals surface area contributed by atoms with Gasteiger partial charge in [0.15, 0.2) is 22.8 Å². The maximum Gasteiger partial charge on any atom is 0.306 e. The zero-order chi connectivity index (χ0) is 25.1. The summed E-state index contributed by atoms with van der Waals surface area (Å²) in [5.41, 5.74) is -4.81. The highest BCUT2D eigenvalue weighted by Gasteiger charge is 2.75. The van der Waals surface area contributed by atoms with Crippen LogP contribution in [0.4, 0.5) is 4.39 Å². The molecule has 0 saturated heterocycles. The van der Waals surface area contributed by atoms with E-state index in [1.54, 1.807) is 13.0 Å². The molecule has 0 aliphatic heterocycles. The number of rotatable bonds is 6. The van der Waals surface area contributed by atoms with Crippen molar-refractivity contribution in [2.75, 3.05) is 5.88 Å². The zero-order valence-electron chi connectivity index (χ0n) is 20.5. The number of aliphatic hydroxyl groups is 1. The average molecular weight is 495 g/mol. The van der Waals surface area contributed by atoms with Gasteiger partial charge in [-0.15, -0.1) is 11.6 Å². The predicted octanol–water partition coefficient (Wildman–Crippen LogP) is 4.88. The Labute approximate surface area is 206 Å². The summed E-state index contributed by atoms with van der Waals surface area (Å²) in [7, 11) is 0. The zero-order valence-corrected chi connectivity index (χ0v) is 21.3. The number of alkyl halides is 2. The molecule has 5 nitrogen and oxygen atoms in total. The molecule has 0 aromatic carbocycles. The van der Waals surface area contributed by atoms with Crippen molar-refractivity contribution >= 4 is 29.1 Å². The molecule has 0 heterocycles. The van der Waals surface area contributed by atoms with Crippen molar-refractivity contribution in [3.63, 3.8) is 0 Å². The van der Waals surface area contributed by atoms with Crippen LogP contribution in [0.2, 0.25) is 0 Å². The number of aliphatic hydroxyl groups excluding tert-OH is 1. The maximum absolute atomic E-state index is 17.3. The number of hydrogen-bond acceptors (Lipinski definition) is 5. The predicted molar refractivity (Wildman–Crippen MR) is 127 cm³/mol. The molecular weight excluding hydrogens is 459 g/mol. The molecule has 0 spiro atoms. The number of allylic oxidation sites excluding steroid dienone is 4. The van der Waals surface area contributed by atoms with Gasteiger partial charge in [-0.2, -0.15) is 0 Å². The van der Waals surface area contributed by atoms with E-state index >= 15 is 4.39 Å². The molecule has 3 fully saturated rings. The first kappa shape index (κ1) is 25.6. The number of unbranched alkanes of at least 4 members (excludes halogenated alkanes) is 1. The minimum Gasteiger partial charge on any atom is -0.450 e. The molecule has 4 aliphatic carbocycles. The number of hydrogen-bond donors (Lipinski definition) is 1. The number of fused-ring (bicyclic) bond motifs is 5.